The molecule has 0 radical (unpaired) electrons. The van der Waals surface area contributed by atoms with E-state index < -0.39 is 52.1 Å². The van der Waals surface area contributed by atoms with Crippen LogP contribution in [-0.2, 0) is 11.2 Å². The molecule has 0 bridgehead atoms. The maximum absolute atomic E-state index is 12.8. The average Bonchev–Trinajstić information content (AvgIpc) is 2.25. The number of aliphatic carboxylic acids is 1. The quantitative estimate of drug-likeness (QED) is 0.680. The molecule has 3 nitrogen and oxygen atoms in total. The van der Waals surface area contributed by atoms with Gasteiger partial charge in [-0.05, 0) is 29.5 Å². The number of nitriles is 1. The van der Waals surface area contributed by atoms with Crippen molar-refractivity contribution in [3.8, 4) is 6.07 Å². The molecular formula is C11H6F5NO2S. The Morgan fingerprint density at radius 3 is 2.40 bits per heavy atom. The Labute approximate surface area is 114 Å². The predicted octanol–water partition coefficient (Wildman–Crippen LogP) is 3.73. The molecule has 0 saturated carbocycles. The van der Waals surface area contributed by atoms with Gasteiger partial charge >= 0.3 is 11.5 Å². The van der Waals surface area contributed by atoms with E-state index in [1.807, 2.05) is 0 Å². The van der Waals surface area contributed by atoms with Gasteiger partial charge in [-0.25, -0.2) is 8.78 Å². The van der Waals surface area contributed by atoms with Gasteiger partial charge in [-0.15, -0.1) is 0 Å². The SMILES string of the molecule is N#Cc1c(CC(=O)O)cc(SC(F)(F)F)cc1C(F)F. The summed E-state index contributed by atoms with van der Waals surface area (Å²) in [7, 11) is 0. The highest BCUT2D eigenvalue weighted by atomic mass is 32.2. The summed E-state index contributed by atoms with van der Waals surface area (Å²) >= 11 is -0.643. The first-order valence-corrected chi connectivity index (χ1v) is 5.78. The van der Waals surface area contributed by atoms with Crippen LogP contribution in [0.1, 0.15) is 23.1 Å². The molecule has 20 heavy (non-hydrogen) atoms. The Hall–Kier alpha value is -1.82. The number of carbonyl (C=O) groups is 1. The zero-order valence-corrected chi connectivity index (χ0v) is 10.4. The maximum Gasteiger partial charge on any atom is 0.446 e. The summed E-state index contributed by atoms with van der Waals surface area (Å²) in [4.78, 5) is 10.0. The lowest BCUT2D eigenvalue weighted by molar-refractivity contribution is -0.136. The average molecular weight is 311 g/mol. The summed E-state index contributed by atoms with van der Waals surface area (Å²) in [6, 6.07) is 2.74. The molecule has 0 aliphatic rings. The zero-order chi connectivity index (χ0) is 15.5. The number of carboxylic acid groups (broad SMARTS) is 1. The van der Waals surface area contributed by atoms with Crippen LogP contribution in [0.5, 0.6) is 0 Å². The number of hydrogen-bond acceptors (Lipinski definition) is 3. The fraction of sp³-hybridized carbons (Fsp3) is 0.273. The lowest BCUT2D eigenvalue weighted by Crippen LogP contribution is -2.07. The number of nitrogens with zero attached hydrogens (tertiary/aromatic N) is 1. The van der Waals surface area contributed by atoms with Crippen LogP contribution in [0.3, 0.4) is 0 Å². The second kappa shape index (κ2) is 6.09. The highest BCUT2D eigenvalue weighted by Crippen LogP contribution is 2.39. The smallest absolute Gasteiger partial charge is 0.446 e. The minimum Gasteiger partial charge on any atom is -0.481 e. The molecule has 0 aliphatic carbocycles. The summed E-state index contributed by atoms with van der Waals surface area (Å²) in [5, 5.41) is 17.4. The largest absolute Gasteiger partial charge is 0.481 e. The number of alkyl halides is 5. The summed E-state index contributed by atoms with van der Waals surface area (Å²) in [5.41, 5.74) is -6.58. The Morgan fingerprint density at radius 1 is 1.40 bits per heavy atom. The summed E-state index contributed by atoms with van der Waals surface area (Å²) < 4.78 is 62.2. The van der Waals surface area contributed by atoms with Crippen LogP contribution in [0.2, 0.25) is 0 Å². The van der Waals surface area contributed by atoms with E-state index in [1.54, 1.807) is 0 Å². The highest BCUT2D eigenvalue weighted by Gasteiger charge is 2.31. The van der Waals surface area contributed by atoms with Gasteiger partial charge in [0.25, 0.3) is 6.43 Å². The molecule has 0 unspecified atom stereocenters. The van der Waals surface area contributed by atoms with Crippen LogP contribution < -0.4 is 0 Å². The van der Waals surface area contributed by atoms with Crippen molar-refractivity contribution >= 4 is 17.7 Å². The van der Waals surface area contributed by atoms with Crippen molar-refractivity contribution in [1.82, 2.24) is 0 Å². The van der Waals surface area contributed by atoms with E-state index in [4.69, 9.17) is 10.4 Å². The first-order valence-electron chi connectivity index (χ1n) is 4.96. The van der Waals surface area contributed by atoms with E-state index in [0.717, 1.165) is 6.07 Å². The maximum atomic E-state index is 12.8. The van der Waals surface area contributed by atoms with Crippen LogP contribution in [-0.4, -0.2) is 16.6 Å². The standard InChI is InChI=1S/C11H6F5NO2S/c12-10(13)7-3-6(20-11(14,15)16)1-5(2-9(18)19)8(7)4-17/h1,3,10H,2H2,(H,18,19). The Kier molecular flexibility index (Phi) is 4.94. The van der Waals surface area contributed by atoms with Gasteiger partial charge in [-0.3, -0.25) is 4.79 Å². The molecule has 1 aromatic rings. The first-order chi connectivity index (χ1) is 9.14. The molecule has 0 aromatic heterocycles. The Balaban J connectivity index is 3.40. The van der Waals surface area contributed by atoms with Gasteiger partial charge in [0.1, 0.15) is 0 Å². The van der Waals surface area contributed by atoms with E-state index >= 15 is 0 Å². The van der Waals surface area contributed by atoms with Gasteiger partial charge in [0.15, 0.2) is 0 Å². The van der Waals surface area contributed by atoms with Gasteiger partial charge < -0.3 is 5.11 Å². The summed E-state index contributed by atoms with van der Waals surface area (Å²) in [6.07, 6.45) is -3.99. The van der Waals surface area contributed by atoms with Crippen LogP contribution in [0.15, 0.2) is 17.0 Å². The predicted molar refractivity (Wildman–Crippen MR) is 59.4 cm³/mol. The molecule has 0 fully saturated rings. The second-order valence-corrected chi connectivity index (χ2v) is 4.72. The molecule has 0 amide bonds. The van der Waals surface area contributed by atoms with E-state index in [1.165, 1.54) is 6.07 Å². The Bertz CT molecular complexity index is 565. The summed E-state index contributed by atoms with van der Waals surface area (Å²) in [5.74, 6) is -1.43. The van der Waals surface area contributed by atoms with Crippen molar-refractivity contribution in [3.05, 3.63) is 28.8 Å². The van der Waals surface area contributed by atoms with Crippen LogP contribution in [0.4, 0.5) is 22.0 Å². The van der Waals surface area contributed by atoms with Crippen LogP contribution in [0.25, 0.3) is 0 Å². The highest BCUT2D eigenvalue weighted by molar-refractivity contribution is 8.00. The van der Waals surface area contributed by atoms with Crippen molar-refractivity contribution in [2.75, 3.05) is 0 Å². The molecule has 0 atom stereocenters. The molecular weight excluding hydrogens is 305 g/mol. The second-order valence-electron chi connectivity index (χ2n) is 3.58. The normalized spacial score (nSPS) is 11.4. The summed E-state index contributed by atoms with van der Waals surface area (Å²) in [6.45, 7) is 0. The molecule has 108 valence electrons. The molecule has 1 aromatic carbocycles. The molecule has 0 aliphatic heterocycles. The third-order valence-electron chi connectivity index (χ3n) is 2.15. The zero-order valence-electron chi connectivity index (χ0n) is 9.54. The van der Waals surface area contributed by atoms with Crippen LogP contribution in [0, 0.1) is 11.3 Å². The fourth-order valence-electron chi connectivity index (χ4n) is 1.50. The molecule has 0 saturated heterocycles. The van der Waals surface area contributed by atoms with E-state index in [0.29, 0.717) is 6.07 Å². The molecule has 0 heterocycles. The van der Waals surface area contributed by atoms with Crippen molar-refractivity contribution in [1.29, 1.82) is 5.26 Å². The van der Waals surface area contributed by atoms with Gasteiger partial charge in [0.2, 0.25) is 0 Å². The van der Waals surface area contributed by atoms with Gasteiger partial charge in [-0.2, -0.15) is 18.4 Å². The molecule has 1 rings (SSSR count). The molecule has 0 spiro atoms. The Morgan fingerprint density at radius 2 is 2.00 bits per heavy atom. The molecule has 1 N–H and O–H groups in total. The minimum absolute atomic E-state index is 0.371. The fourth-order valence-corrected chi connectivity index (χ4v) is 2.15. The minimum atomic E-state index is -4.70. The lowest BCUT2D eigenvalue weighted by Gasteiger charge is -2.12. The number of hydrogen-bond donors (Lipinski definition) is 1. The van der Waals surface area contributed by atoms with E-state index in [-0.39, 0.29) is 5.56 Å². The lowest BCUT2D eigenvalue weighted by atomic mass is 10.00. The number of carboxylic acids is 1. The van der Waals surface area contributed by atoms with E-state index in [2.05, 4.69) is 0 Å². The van der Waals surface area contributed by atoms with Gasteiger partial charge in [-0.1, -0.05) is 0 Å². The number of thioether (sulfide) groups is 1. The first kappa shape index (κ1) is 16.2. The number of rotatable bonds is 4. The monoisotopic (exact) mass is 311 g/mol. The van der Waals surface area contributed by atoms with Crippen molar-refractivity contribution < 1.29 is 31.9 Å². The third kappa shape index (κ3) is 4.38. The molecule has 9 heteroatoms. The van der Waals surface area contributed by atoms with Crippen molar-refractivity contribution in [2.24, 2.45) is 0 Å². The van der Waals surface area contributed by atoms with E-state index in [9.17, 15) is 26.7 Å². The van der Waals surface area contributed by atoms with Crippen molar-refractivity contribution in [2.45, 2.75) is 23.3 Å². The van der Waals surface area contributed by atoms with Gasteiger partial charge in [0.05, 0.1) is 18.1 Å². The van der Waals surface area contributed by atoms with Crippen LogP contribution >= 0.6 is 11.8 Å². The van der Waals surface area contributed by atoms with Gasteiger partial charge in [0, 0.05) is 10.5 Å². The third-order valence-corrected chi connectivity index (χ3v) is 2.85. The number of benzene rings is 1. The topological polar surface area (TPSA) is 61.1 Å². The van der Waals surface area contributed by atoms with Crippen molar-refractivity contribution in [3.63, 3.8) is 0 Å². The number of halogens is 5.